The molecule has 1 fully saturated rings. The molecule has 1 saturated heterocycles. The van der Waals surface area contributed by atoms with Crippen LogP contribution in [-0.4, -0.2) is 61.4 Å². The van der Waals surface area contributed by atoms with Crippen LogP contribution < -0.4 is 15.4 Å². The van der Waals surface area contributed by atoms with Crippen LogP contribution in [0.4, 0.5) is 5.95 Å². The second-order valence-electron chi connectivity index (χ2n) is 9.32. The molecule has 11 nitrogen and oxygen atoms in total. The summed E-state index contributed by atoms with van der Waals surface area (Å²) < 4.78 is 7.70. The van der Waals surface area contributed by atoms with Crippen molar-refractivity contribution in [3.8, 4) is 17.7 Å². The molecular formula is C27H33N9O2. The number of amides is 1. The van der Waals surface area contributed by atoms with Crippen LogP contribution in [0, 0.1) is 25.2 Å². The van der Waals surface area contributed by atoms with Gasteiger partial charge in [-0.25, -0.2) is 9.67 Å². The normalized spacial score (nSPS) is 14.4. The van der Waals surface area contributed by atoms with E-state index in [1.807, 2.05) is 45.2 Å². The van der Waals surface area contributed by atoms with E-state index in [1.54, 1.807) is 23.0 Å². The number of nitrogens with one attached hydrogen (secondary N) is 2. The molecule has 0 atom stereocenters. The number of hydrogen-bond donors (Lipinski definition) is 2. The average molecular weight is 516 g/mol. The summed E-state index contributed by atoms with van der Waals surface area (Å²) in [5, 5.41) is 23.3. The molecule has 0 bridgehead atoms. The minimum absolute atomic E-state index is 0.0693. The average Bonchev–Trinajstić information content (AvgIpc) is 3.33. The molecule has 0 spiro atoms. The Morgan fingerprint density at radius 2 is 2.03 bits per heavy atom. The molecule has 1 aromatic carbocycles. The molecule has 0 saturated carbocycles. The number of carbonyl (C=O) groups excluding carboxylic acids is 1. The lowest BCUT2D eigenvalue weighted by molar-refractivity contribution is -0.121. The van der Waals surface area contributed by atoms with Crippen LogP contribution in [0.5, 0.6) is 11.6 Å². The van der Waals surface area contributed by atoms with Gasteiger partial charge in [-0.05, 0) is 68.5 Å². The van der Waals surface area contributed by atoms with E-state index in [0.717, 1.165) is 54.1 Å². The van der Waals surface area contributed by atoms with Crippen molar-refractivity contribution in [1.29, 1.82) is 5.26 Å². The molecule has 198 valence electrons. The van der Waals surface area contributed by atoms with E-state index in [1.165, 1.54) is 6.08 Å². The fourth-order valence-corrected chi connectivity index (χ4v) is 4.48. The summed E-state index contributed by atoms with van der Waals surface area (Å²) in [5.41, 5.74) is 3.74. The van der Waals surface area contributed by atoms with Gasteiger partial charge < -0.3 is 15.4 Å². The number of likely N-dealkylation sites (N-methyl/N-ethyl adjacent to an activating group) is 1. The quantitative estimate of drug-likeness (QED) is 0.390. The Hall–Kier alpha value is -4.30. The highest BCUT2D eigenvalue weighted by molar-refractivity contribution is 5.75. The predicted octanol–water partition coefficient (Wildman–Crippen LogP) is 3.23. The maximum Gasteiger partial charge on any atom is 0.241 e. The Morgan fingerprint density at radius 1 is 1.26 bits per heavy atom. The van der Waals surface area contributed by atoms with Gasteiger partial charge in [0.05, 0.1) is 18.0 Å². The topological polar surface area (TPSA) is 134 Å². The van der Waals surface area contributed by atoms with Crippen molar-refractivity contribution < 1.29 is 9.53 Å². The highest BCUT2D eigenvalue weighted by Crippen LogP contribution is 2.30. The Balaban J connectivity index is 1.29. The fraction of sp³-hybridized carbons (Fsp3) is 0.407. The first-order valence-electron chi connectivity index (χ1n) is 12.8. The molecule has 0 radical (unpaired) electrons. The first kappa shape index (κ1) is 26.8. The number of benzene rings is 1. The van der Waals surface area contributed by atoms with Crippen molar-refractivity contribution in [2.24, 2.45) is 0 Å². The summed E-state index contributed by atoms with van der Waals surface area (Å²) in [6, 6.07) is 7.98. The van der Waals surface area contributed by atoms with Gasteiger partial charge >= 0.3 is 0 Å². The van der Waals surface area contributed by atoms with E-state index >= 15 is 0 Å². The zero-order valence-corrected chi connectivity index (χ0v) is 22.0. The number of nitrogens with zero attached hydrogens (tertiary/aromatic N) is 7. The molecule has 1 amide bonds. The number of aryl methyl sites for hydroxylation is 2. The smallest absolute Gasteiger partial charge is 0.241 e. The number of carbonyl (C=O) groups is 1. The summed E-state index contributed by atoms with van der Waals surface area (Å²) in [6.45, 7) is 9.13. The van der Waals surface area contributed by atoms with Crippen LogP contribution in [0.3, 0.4) is 0 Å². The highest BCUT2D eigenvalue weighted by Gasteiger charge is 2.21. The molecule has 3 aromatic rings. The third-order valence-electron chi connectivity index (χ3n) is 6.24. The Morgan fingerprint density at radius 3 is 2.74 bits per heavy atom. The predicted molar refractivity (Wildman–Crippen MR) is 143 cm³/mol. The van der Waals surface area contributed by atoms with Gasteiger partial charge in [-0.2, -0.15) is 10.2 Å². The van der Waals surface area contributed by atoms with E-state index in [9.17, 15) is 4.79 Å². The molecule has 1 aliphatic rings. The summed E-state index contributed by atoms with van der Waals surface area (Å²) in [7, 11) is 0. The number of aromatic nitrogens is 5. The molecule has 3 heterocycles. The number of piperidine rings is 1. The largest absolute Gasteiger partial charge is 0.438 e. The van der Waals surface area contributed by atoms with E-state index in [2.05, 4.69) is 35.8 Å². The van der Waals surface area contributed by atoms with E-state index in [0.29, 0.717) is 24.9 Å². The van der Waals surface area contributed by atoms with Crippen LogP contribution in [0.15, 0.2) is 36.7 Å². The standard InChI is InChI=1S/C27H33N9O2/c1-4-29-24(37)18-36-17-23(33-34-36)16-35-12-8-22(9-13-35)31-27-30-11-7-25(32-27)38-26-19(2)14-21(6-5-10-28)15-20(26)3/h5-7,11,14-15,17,22H,4,8-9,12-13,16,18H2,1-3H3,(H,29,37)(H,30,31,32)/b6-5+. The van der Waals surface area contributed by atoms with Gasteiger partial charge in [-0.15, -0.1) is 5.10 Å². The number of anilines is 1. The molecular weight excluding hydrogens is 482 g/mol. The van der Waals surface area contributed by atoms with Crippen molar-refractivity contribution in [3.05, 3.63) is 59.1 Å². The molecule has 0 aliphatic carbocycles. The van der Waals surface area contributed by atoms with Crippen molar-refractivity contribution in [2.75, 3.05) is 25.0 Å². The Labute approximate surface area is 222 Å². The van der Waals surface area contributed by atoms with Gasteiger partial charge in [0.2, 0.25) is 17.7 Å². The third-order valence-corrected chi connectivity index (χ3v) is 6.24. The molecule has 11 heteroatoms. The van der Waals surface area contributed by atoms with Gasteiger partial charge in [0.15, 0.2) is 0 Å². The number of hydrogen-bond acceptors (Lipinski definition) is 9. The number of allylic oxidation sites excluding steroid dienone is 1. The molecule has 38 heavy (non-hydrogen) atoms. The number of nitriles is 1. The van der Waals surface area contributed by atoms with Gasteiger partial charge in [-0.3, -0.25) is 9.69 Å². The summed E-state index contributed by atoms with van der Waals surface area (Å²) in [5.74, 6) is 1.69. The van der Waals surface area contributed by atoms with Crippen molar-refractivity contribution in [2.45, 2.75) is 52.7 Å². The van der Waals surface area contributed by atoms with Crippen LogP contribution in [0.1, 0.15) is 42.1 Å². The first-order chi connectivity index (χ1) is 18.4. The molecule has 1 aliphatic heterocycles. The minimum atomic E-state index is -0.0693. The molecule has 0 unspecified atom stereocenters. The van der Waals surface area contributed by atoms with Crippen molar-refractivity contribution in [3.63, 3.8) is 0 Å². The number of rotatable bonds is 10. The zero-order valence-electron chi connectivity index (χ0n) is 22.0. The lowest BCUT2D eigenvalue weighted by atomic mass is 10.1. The number of ether oxygens (including phenoxy) is 1. The summed E-state index contributed by atoms with van der Waals surface area (Å²) in [6.07, 6.45) is 8.65. The van der Waals surface area contributed by atoms with Crippen LogP contribution in [-0.2, 0) is 17.9 Å². The van der Waals surface area contributed by atoms with Crippen molar-refractivity contribution >= 4 is 17.9 Å². The lowest BCUT2D eigenvalue weighted by Crippen LogP contribution is -2.39. The van der Waals surface area contributed by atoms with Crippen LogP contribution in [0.25, 0.3) is 6.08 Å². The van der Waals surface area contributed by atoms with Crippen LogP contribution in [0.2, 0.25) is 0 Å². The van der Waals surface area contributed by atoms with Crippen molar-refractivity contribution in [1.82, 2.24) is 35.2 Å². The maximum absolute atomic E-state index is 11.7. The third kappa shape index (κ3) is 7.36. The van der Waals surface area contributed by atoms with Gasteiger partial charge in [0, 0.05) is 50.6 Å². The van der Waals surface area contributed by atoms with E-state index in [4.69, 9.17) is 10.00 Å². The molecule has 2 N–H and O–H groups in total. The molecule has 2 aromatic heterocycles. The molecule has 4 rings (SSSR count). The lowest BCUT2D eigenvalue weighted by Gasteiger charge is -2.31. The monoisotopic (exact) mass is 515 g/mol. The maximum atomic E-state index is 11.7. The SMILES string of the molecule is CCNC(=O)Cn1cc(CN2CCC(Nc3nccc(Oc4c(C)cc(/C=C/C#N)cc4C)n3)CC2)nn1. The minimum Gasteiger partial charge on any atom is -0.438 e. The first-order valence-corrected chi connectivity index (χ1v) is 12.8. The fourth-order valence-electron chi connectivity index (χ4n) is 4.48. The van der Waals surface area contributed by atoms with E-state index < -0.39 is 0 Å². The highest BCUT2D eigenvalue weighted by atomic mass is 16.5. The second kappa shape index (κ2) is 12.8. The van der Waals surface area contributed by atoms with Gasteiger partial charge in [-0.1, -0.05) is 5.21 Å². The van der Waals surface area contributed by atoms with E-state index in [-0.39, 0.29) is 18.5 Å². The zero-order chi connectivity index (χ0) is 26.9. The van der Waals surface area contributed by atoms with Gasteiger partial charge in [0.1, 0.15) is 12.3 Å². The van der Waals surface area contributed by atoms with Gasteiger partial charge in [0.25, 0.3) is 0 Å². The summed E-state index contributed by atoms with van der Waals surface area (Å²) in [4.78, 5) is 23.0. The summed E-state index contributed by atoms with van der Waals surface area (Å²) >= 11 is 0. The Bertz CT molecular complexity index is 1300. The number of likely N-dealkylation sites (tertiary alicyclic amines) is 1. The Kier molecular flexibility index (Phi) is 9.00. The second-order valence-corrected chi connectivity index (χ2v) is 9.32. The van der Waals surface area contributed by atoms with Crippen LogP contribution >= 0.6 is 0 Å².